The molecule has 1 aliphatic rings. The Bertz CT molecular complexity index is 938. The van der Waals surface area contributed by atoms with Gasteiger partial charge in [-0.15, -0.1) is 0 Å². The fourth-order valence-corrected chi connectivity index (χ4v) is 3.53. The van der Waals surface area contributed by atoms with Gasteiger partial charge in [0.2, 0.25) is 11.8 Å². The minimum absolute atomic E-state index is 0.0228. The summed E-state index contributed by atoms with van der Waals surface area (Å²) in [5.41, 5.74) is 1.44. The van der Waals surface area contributed by atoms with Gasteiger partial charge in [0.15, 0.2) is 0 Å². The average Bonchev–Trinajstić information content (AvgIpc) is 2.75. The standard InChI is InChI=1S/C23H27ClN4O3/c1-16(2)23(31)28-13-11-27(12-14-28)15-21(29)26-20-6-4-3-5-19(20)22(30)25-18-9-7-17(24)8-10-18/h3-10,16H,11-15H2,1-2H3,(H,25,30)(H,26,29). The molecule has 0 bridgehead atoms. The molecule has 0 atom stereocenters. The predicted molar refractivity (Wildman–Crippen MR) is 122 cm³/mol. The molecule has 1 fully saturated rings. The van der Waals surface area contributed by atoms with Crippen molar-refractivity contribution in [2.45, 2.75) is 13.8 Å². The van der Waals surface area contributed by atoms with Gasteiger partial charge in [0.05, 0.1) is 17.8 Å². The number of hydrogen-bond acceptors (Lipinski definition) is 4. The maximum atomic E-state index is 12.7. The molecule has 2 aromatic rings. The van der Waals surface area contributed by atoms with Crippen LogP contribution in [-0.2, 0) is 9.59 Å². The summed E-state index contributed by atoms with van der Waals surface area (Å²) in [6.07, 6.45) is 0. The first kappa shape index (κ1) is 22.8. The first-order valence-corrected chi connectivity index (χ1v) is 10.7. The number of nitrogens with one attached hydrogen (secondary N) is 2. The van der Waals surface area contributed by atoms with Crippen molar-refractivity contribution >= 4 is 40.7 Å². The van der Waals surface area contributed by atoms with E-state index in [1.807, 2.05) is 23.6 Å². The molecule has 0 aromatic heterocycles. The maximum Gasteiger partial charge on any atom is 0.257 e. The molecule has 0 aliphatic carbocycles. The van der Waals surface area contributed by atoms with E-state index in [9.17, 15) is 14.4 Å². The number of piperazine rings is 1. The highest BCUT2D eigenvalue weighted by atomic mass is 35.5. The number of carbonyl (C=O) groups is 3. The highest BCUT2D eigenvalue weighted by molar-refractivity contribution is 6.30. The summed E-state index contributed by atoms with van der Waals surface area (Å²) in [6, 6.07) is 13.7. The summed E-state index contributed by atoms with van der Waals surface area (Å²) in [5, 5.41) is 6.23. The average molecular weight is 443 g/mol. The van der Waals surface area contributed by atoms with Gasteiger partial charge < -0.3 is 15.5 Å². The van der Waals surface area contributed by atoms with Gasteiger partial charge in [-0.2, -0.15) is 0 Å². The number of hydrogen-bond donors (Lipinski definition) is 2. The van der Waals surface area contributed by atoms with E-state index in [-0.39, 0.29) is 30.2 Å². The van der Waals surface area contributed by atoms with Gasteiger partial charge >= 0.3 is 0 Å². The number of benzene rings is 2. The van der Waals surface area contributed by atoms with Gasteiger partial charge in [-0.25, -0.2) is 0 Å². The van der Waals surface area contributed by atoms with Crippen LogP contribution in [0.25, 0.3) is 0 Å². The topological polar surface area (TPSA) is 81.8 Å². The fourth-order valence-electron chi connectivity index (χ4n) is 3.41. The summed E-state index contributed by atoms with van der Waals surface area (Å²) >= 11 is 5.88. The Kier molecular flexibility index (Phi) is 7.65. The van der Waals surface area contributed by atoms with Crippen LogP contribution in [0.2, 0.25) is 5.02 Å². The van der Waals surface area contributed by atoms with Crippen molar-refractivity contribution in [1.82, 2.24) is 9.80 Å². The highest BCUT2D eigenvalue weighted by Gasteiger charge is 2.24. The second kappa shape index (κ2) is 10.4. The SMILES string of the molecule is CC(C)C(=O)N1CCN(CC(=O)Nc2ccccc2C(=O)Nc2ccc(Cl)cc2)CC1. The van der Waals surface area contributed by atoms with E-state index in [1.165, 1.54) is 0 Å². The summed E-state index contributed by atoms with van der Waals surface area (Å²) in [7, 11) is 0. The quantitative estimate of drug-likeness (QED) is 0.719. The van der Waals surface area contributed by atoms with Gasteiger partial charge in [0, 0.05) is 42.8 Å². The summed E-state index contributed by atoms with van der Waals surface area (Å²) in [4.78, 5) is 41.3. The van der Waals surface area contributed by atoms with E-state index in [1.54, 1.807) is 48.5 Å². The lowest BCUT2D eigenvalue weighted by Crippen LogP contribution is -2.51. The van der Waals surface area contributed by atoms with Crippen molar-refractivity contribution in [2.24, 2.45) is 5.92 Å². The first-order valence-electron chi connectivity index (χ1n) is 10.3. The molecular formula is C23H27ClN4O3. The second-order valence-electron chi connectivity index (χ2n) is 7.81. The van der Waals surface area contributed by atoms with Crippen molar-refractivity contribution in [3.63, 3.8) is 0 Å². The zero-order valence-electron chi connectivity index (χ0n) is 17.7. The molecule has 0 unspecified atom stereocenters. The van der Waals surface area contributed by atoms with Crippen LogP contribution >= 0.6 is 11.6 Å². The highest BCUT2D eigenvalue weighted by Crippen LogP contribution is 2.19. The zero-order valence-corrected chi connectivity index (χ0v) is 18.5. The second-order valence-corrected chi connectivity index (χ2v) is 8.25. The Hall–Kier alpha value is -2.90. The van der Waals surface area contributed by atoms with Crippen molar-refractivity contribution < 1.29 is 14.4 Å². The minimum Gasteiger partial charge on any atom is -0.340 e. The van der Waals surface area contributed by atoms with Gasteiger partial charge in [-0.3, -0.25) is 19.3 Å². The Morgan fingerprint density at radius 1 is 0.935 bits per heavy atom. The Balaban J connectivity index is 1.57. The minimum atomic E-state index is -0.320. The fraction of sp³-hybridized carbons (Fsp3) is 0.348. The number of anilines is 2. The van der Waals surface area contributed by atoms with Crippen LogP contribution < -0.4 is 10.6 Å². The van der Waals surface area contributed by atoms with E-state index in [4.69, 9.17) is 11.6 Å². The molecule has 2 N–H and O–H groups in total. The lowest BCUT2D eigenvalue weighted by Gasteiger charge is -2.35. The third kappa shape index (κ3) is 6.29. The number of nitrogens with zero attached hydrogens (tertiary/aromatic N) is 2. The summed E-state index contributed by atoms with van der Waals surface area (Å²) in [6.45, 7) is 6.51. The number of amides is 3. The van der Waals surface area contributed by atoms with Crippen LogP contribution in [0.15, 0.2) is 48.5 Å². The van der Waals surface area contributed by atoms with Crippen molar-refractivity contribution in [1.29, 1.82) is 0 Å². The van der Waals surface area contributed by atoms with E-state index in [0.29, 0.717) is 48.1 Å². The molecule has 3 amide bonds. The van der Waals surface area contributed by atoms with Crippen molar-refractivity contribution in [3.05, 3.63) is 59.1 Å². The van der Waals surface area contributed by atoms with E-state index >= 15 is 0 Å². The molecule has 0 radical (unpaired) electrons. The summed E-state index contributed by atoms with van der Waals surface area (Å²) in [5.74, 6) is -0.399. The van der Waals surface area contributed by atoms with Gasteiger partial charge in [0.1, 0.15) is 0 Å². The predicted octanol–water partition coefficient (Wildman–Crippen LogP) is 3.33. The zero-order chi connectivity index (χ0) is 22.4. The molecular weight excluding hydrogens is 416 g/mol. The van der Waals surface area contributed by atoms with Gasteiger partial charge in [-0.05, 0) is 36.4 Å². The lowest BCUT2D eigenvalue weighted by molar-refractivity contribution is -0.136. The molecule has 0 saturated carbocycles. The largest absolute Gasteiger partial charge is 0.340 e. The van der Waals surface area contributed by atoms with Crippen molar-refractivity contribution in [3.8, 4) is 0 Å². The van der Waals surface area contributed by atoms with Crippen LogP contribution in [0, 0.1) is 5.92 Å². The normalized spacial score (nSPS) is 14.4. The van der Waals surface area contributed by atoms with Crippen LogP contribution in [0.1, 0.15) is 24.2 Å². The third-order valence-electron chi connectivity index (χ3n) is 5.09. The molecule has 1 heterocycles. The van der Waals surface area contributed by atoms with E-state index in [2.05, 4.69) is 10.6 Å². The van der Waals surface area contributed by atoms with Crippen LogP contribution in [0.4, 0.5) is 11.4 Å². The monoisotopic (exact) mass is 442 g/mol. The number of halogens is 1. The molecule has 8 heteroatoms. The van der Waals surface area contributed by atoms with Gasteiger partial charge in [0.25, 0.3) is 5.91 Å². The van der Waals surface area contributed by atoms with Crippen molar-refractivity contribution in [2.75, 3.05) is 43.4 Å². The smallest absolute Gasteiger partial charge is 0.257 e. The molecule has 31 heavy (non-hydrogen) atoms. The molecule has 7 nitrogen and oxygen atoms in total. The first-order chi connectivity index (χ1) is 14.8. The van der Waals surface area contributed by atoms with Crippen LogP contribution in [0.3, 0.4) is 0 Å². The summed E-state index contributed by atoms with van der Waals surface area (Å²) < 4.78 is 0. The number of para-hydroxylation sites is 1. The van der Waals surface area contributed by atoms with E-state index in [0.717, 1.165) is 0 Å². The van der Waals surface area contributed by atoms with Gasteiger partial charge in [-0.1, -0.05) is 37.6 Å². The number of rotatable bonds is 6. The molecule has 3 rings (SSSR count). The molecule has 0 spiro atoms. The Labute approximate surface area is 187 Å². The maximum absolute atomic E-state index is 12.7. The lowest BCUT2D eigenvalue weighted by atomic mass is 10.1. The Morgan fingerprint density at radius 2 is 1.58 bits per heavy atom. The van der Waals surface area contributed by atoms with Crippen LogP contribution in [-0.4, -0.2) is 60.2 Å². The van der Waals surface area contributed by atoms with E-state index < -0.39 is 0 Å². The molecule has 1 aliphatic heterocycles. The number of carbonyl (C=O) groups excluding carboxylic acids is 3. The molecule has 1 saturated heterocycles. The third-order valence-corrected chi connectivity index (χ3v) is 5.34. The molecule has 164 valence electrons. The molecule has 2 aromatic carbocycles. The Morgan fingerprint density at radius 3 is 2.23 bits per heavy atom. The van der Waals surface area contributed by atoms with Crippen LogP contribution in [0.5, 0.6) is 0 Å².